The highest BCUT2D eigenvalue weighted by atomic mass is 19.4. The number of hydrogen-bond acceptors (Lipinski definition) is 2. The van der Waals surface area contributed by atoms with Gasteiger partial charge in [0.05, 0.1) is 11.9 Å². The summed E-state index contributed by atoms with van der Waals surface area (Å²) in [6, 6.07) is 8.36. The zero-order chi connectivity index (χ0) is 14.0. The Kier molecular flexibility index (Phi) is 3.55. The van der Waals surface area contributed by atoms with Crippen LogP contribution in [0.1, 0.15) is 28.9 Å². The number of carbonyl (C=O) groups excluding carboxylic acids is 1. The van der Waals surface area contributed by atoms with E-state index in [1.54, 1.807) is 24.3 Å². The molecule has 0 N–H and O–H groups in total. The summed E-state index contributed by atoms with van der Waals surface area (Å²) in [5.41, 5.74) is 1.87. The molecule has 0 aliphatic carbocycles. The molecule has 0 atom stereocenters. The van der Waals surface area contributed by atoms with Crippen LogP contribution in [0.5, 0.6) is 0 Å². The van der Waals surface area contributed by atoms with Crippen LogP contribution in [0, 0.1) is 6.92 Å². The molecule has 0 spiro atoms. The molecule has 0 aliphatic heterocycles. The number of ketones is 1. The van der Waals surface area contributed by atoms with Crippen molar-refractivity contribution < 1.29 is 18.0 Å². The Bertz CT molecular complexity index is 620. The van der Waals surface area contributed by atoms with Crippen molar-refractivity contribution in [2.24, 2.45) is 0 Å². The van der Waals surface area contributed by atoms with E-state index in [1.807, 2.05) is 6.92 Å². The quantitative estimate of drug-likeness (QED) is 0.785. The van der Waals surface area contributed by atoms with Crippen LogP contribution in [-0.4, -0.2) is 16.9 Å². The van der Waals surface area contributed by atoms with Crippen molar-refractivity contribution in [3.63, 3.8) is 0 Å². The summed E-state index contributed by atoms with van der Waals surface area (Å²) < 4.78 is 36.2. The van der Waals surface area contributed by atoms with E-state index in [9.17, 15) is 18.0 Å². The predicted octanol–water partition coefficient (Wildman–Crippen LogP) is 4.07. The number of halogens is 3. The summed E-state index contributed by atoms with van der Waals surface area (Å²) >= 11 is 0. The van der Waals surface area contributed by atoms with Gasteiger partial charge in [-0.1, -0.05) is 6.07 Å². The van der Waals surface area contributed by atoms with Gasteiger partial charge in [0.25, 0.3) is 0 Å². The van der Waals surface area contributed by atoms with Gasteiger partial charge in [-0.25, -0.2) is 0 Å². The van der Waals surface area contributed by atoms with Crippen LogP contribution in [0.4, 0.5) is 13.2 Å². The highest BCUT2D eigenvalue weighted by Gasteiger charge is 2.28. The molecule has 1 aromatic carbocycles. The molecule has 19 heavy (non-hydrogen) atoms. The molecule has 0 fully saturated rings. The van der Waals surface area contributed by atoms with Gasteiger partial charge in [-0.05, 0) is 31.2 Å². The second-order valence-electron chi connectivity index (χ2n) is 4.40. The maximum Gasteiger partial charge on any atom is 0.389 e. The van der Waals surface area contributed by atoms with E-state index in [-0.39, 0.29) is 0 Å². The smallest absolute Gasteiger partial charge is 0.294 e. The molecule has 100 valence electrons. The van der Waals surface area contributed by atoms with Crippen LogP contribution in [0.25, 0.3) is 10.9 Å². The van der Waals surface area contributed by atoms with Crippen LogP contribution < -0.4 is 0 Å². The Morgan fingerprint density at radius 2 is 1.95 bits per heavy atom. The minimum atomic E-state index is -4.30. The minimum Gasteiger partial charge on any atom is -0.294 e. The molecule has 0 amide bonds. The van der Waals surface area contributed by atoms with Gasteiger partial charge in [0.2, 0.25) is 0 Å². The monoisotopic (exact) mass is 267 g/mol. The summed E-state index contributed by atoms with van der Waals surface area (Å²) in [7, 11) is 0. The van der Waals surface area contributed by atoms with E-state index >= 15 is 0 Å². The molecular formula is C14H12F3NO. The maximum atomic E-state index is 12.1. The maximum absolute atomic E-state index is 12.1. The average Bonchev–Trinajstić information content (AvgIpc) is 2.34. The lowest BCUT2D eigenvalue weighted by atomic mass is 10.0. The van der Waals surface area contributed by atoms with E-state index in [0.717, 1.165) is 16.6 Å². The molecule has 5 heteroatoms. The molecule has 2 rings (SSSR count). The SMILES string of the molecule is Cc1ccc2cc(C(=O)CCC(F)(F)F)ccc2n1. The van der Waals surface area contributed by atoms with Gasteiger partial charge in [0.1, 0.15) is 0 Å². The zero-order valence-corrected chi connectivity index (χ0v) is 10.3. The lowest BCUT2D eigenvalue weighted by molar-refractivity contribution is -0.133. The molecule has 0 saturated heterocycles. The fourth-order valence-electron chi connectivity index (χ4n) is 1.80. The molecule has 0 saturated carbocycles. The van der Waals surface area contributed by atoms with E-state index in [2.05, 4.69) is 4.98 Å². The van der Waals surface area contributed by atoms with Crippen LogP contribution in [0.3, 0.4) is 0 Å². The first-order valence-electron chi connectivity index (χ1n) is 5.82. The molecule has 2 nitrogen and oxygen atoms in total. The molecule has 1 aromatic heterocycles. The Morgan fingerprint density at radius 3 is 2.63 bits per heavy atom. The van der Waals surface area contributed by atoms with Gasteiger partial charge in [0.15, 0.2) is 5.78 Å². The fourth-order valence-corrected chi connectivity index (χ4v) is 1.80. The van der Waals surface area contributed by atoms with Crippen molar-refractivity contribution in [1.29, 1.82) is 0 Å². The summed E-state index contributed by atoms with van der Waals surface area (Å²) in [4.78, 5) is 16.0. The van der Waals surface area contributed by atoms with Crippen molar-refractivity contribution in [3.8, 4) is 0 Å². The number of nitrogens with zero attached hydrogens (tertiary/aromatic N) is 1. The Morgan fingerprint density at radius 1 is 1.21 bits per heavy atom. The molecule has 1 heterocycles. The molecule has 0 radical (unpaired) electrons. The number of carbonyl (C=O) groups is 1. The van der Waals surface area contributed by atoms with Crippen LogP contribution in [0.15, 0.2) is 30.3 Å². The molecular weight excluding hydrogens is 255 g/mol. The summed E-state index contributed by atoms with van der Waals surface area (Å²) in [6.45, 7) is 1.85. The molecule has 2 aromatic rings. The van der Waals surface area contributed by atoms with Gasteiger partial charge in [-0.2, -0.15) is 13.2 Å². The molecule has 0 aliphatic rings. The molecule has 0 bridgehead atoms. The second kappa shape index (κ2) is 4.99. The van der Waals surface area contributed by atoms with Crippen molar-refractivity contribution in [1.82, 2.24) is 4.98 Å². The molecule has 0 unspecified atom stereocenters. The number of pyridine rings is 1. The van der Waals surface area contributed by atoms with Gasteiger partial charge >= 0.3 is 6.18 Å². The van der Waals surface area contributed by atoms with Gasteiger partial charge in [-0.15, -0.1) is 0 Å². The topological polar surface area (TPSA) is 30.0 Å². The van der Waals surface area contributed by atoms with E-state index in [1.165, 1.54) is 6.07 Å². The third-order valence-electron chi connectivity index (χ3n) is 2.79. The fraction of sp³-hybridized carbons (Fsp3) is 0.286. The van der Waals surface area contributed by atoms with E-state index in [4.69, 9.17) is 0 Å². The predicted molar refractivity (Wildman–Crippen MR) is 66.1 cm³/mol. The zero-order valence-electron chi connectivity index (χ0n) is 10.3. The average molecular weight is 267 g/mol. The Labute approximate surface area is 108 Å². The van der Waals surface area contributed by atoms with Crippen molar-refractivity contribution in [3.05, 3.63) is 41.6 Å². The van der Waals surface area contributed by atoms with Crippen molar-refractivity contribution >= 4 is 16.7 Å². The summed E-state index contributed by atoms with van der Waals surface area (Å²) in [5, 5.41) is 0.753. The first-order chi connectivity index (χ1) is 8.85. The number of aromatic nitrogens is 1. The van der Waals surface area contributed by atoms with Gasteiger partial charge < -0.3 is 0 Å². The number of fused-ring (bicyclic) bond motifs is 1. The largest absolute Gasteiger partial charge is 0.389 e. The van der Waals surface area contributed by atoms with Crippen molar-refractivity contribution in [2.45, 2.75) is 25.9 Å². The second-order valence-corrected chi connectivity index (χ2v) is 4.40. The Balaban J connectivity index is 2.21. The lowest BCUT2D eigenvalue weighted by Crippen LogP contribution is -2.10. The van der Waals surface area contributed by atoms with Crippen molar-refractivity contribution in [2.75, 3.05) is 0 Å². The van der Waals surface area contributed by atoms with Crippen LogP contribution >= 0.6 is 0 Å². The number of Topliss-reactive ketones (excluding diaryl/α,β-unsaturated/α-hetero) is 1. The van der Waals surface area contributed by atoms with E-state index in [0.29, 0.717) is 5.56 Å². The number of aryl methyl sites for hydroxylation is 1. The van der Waals surface area contributed by atoms with Crippen LogP contribution in [0.2, 0.25) is 0 Å². The van der Waals surface area contributed by atoms with Gasteiger partial charge in [-0.3, -0.25) is 9.78 Å². The number of hydrogen-bond donors (Lipinski definition) is 0. The number of rotatable bonds is 3. The Hall–Kier alpha value is -1.91. The number of benzene rings is 1. The van der Waals surface area contributed by atoms with E-state index < -0.39 is 24.8 Å². The first kappa shape index (κ1) is 13.5. The minimum absolute atomic E-state index is 0.294. The van der Waals surface area contributed by atoms with Gasteiger partial charge in [0, 0.05) is 23.1 Å². The summed E-state index contributed by atoms with van der Waals surface area (Å²) in [6.07, 6.45) is -5.91. The van der Waals surface area contributed by atoms with Crippen LogP contribution in [-0.2, 0) is 0 Å². The third kappa shape index (κ3) is 3.53. The summed E-state index contributed by atoms with van der Waals surface area (Å²) in [5.74, 6) is -0.500. The standard InChI is InChI=1S/C14H12F3NO/c1-9-2-3-10-8-11(4-5-12(10)18-9)13(19)6-7-14(15,16)17/h2-5,8H,6-7H2,1H3. The highest BCUT2D eigenvalue weighted by Crippen LogP contribution is 2.23. The first-order valence-corrected chi connectivity index (χ1v) is 5.82. The third-order valence-corrected chi connectivity index (χ3v) is 2.79. The lowest BCUT2D eigenvalue weighted by Gasteiger charge is -2.06. The normalized spacial score (nSPS) is 11.8. The highest BCUT2D eigenvalue weighted by molar-refractivity contribution is 5.99. The number of alkyl halides is 3.